The Balaban J connectivity index is 1.44. The van der Waals surface area contributed by atoms with Crippen LogP contribution in [0.3, 0.4) is 0 Å². The SMILES string of the molecule is C=C(C1CC(C)C1)C12CC(C3CC4(C)NC3(C)CC4C)C1(C)C(C)(C)C2. The maximum atomic E-state index is 4.75. The zero-order valence-electron chi connectivity index (χ0n) is 18.3. The van der Waals surface area contributed by atoms with Crippen molar-refractivity contribution in [1.29, 1.82) is 0 Å². The van der Waals surface area contributed by atoms with Crippen molar-refractivity contribution in [3.63, 3.8) is 0 Å². The number of allylic oxidation sites excluding steroid dienone is 1. The highest BCUT2D eigenvalue weighted by molar-refractivity contribution is 5.39. The Morgan fingerprint density at radius 2 is 1.54 bits per heavy atom. The lowest BCUT2D eigenvalue weighted by Gasteiger charge is -2.82. The molecule has 26 heavy (non-hydrogen) atoms. The average molecular weight is 356 g/mol. The Labute approximate surface area is 161 Å². The molecule has 2 aliphatic heterocycles. The van der Waals surface area contributed by atoms with Crippen molar-refractivity contribution >= 4 is 0 Å². The molecular formula is C25H41N. The first kappa shape index (κ1) is 17.8. The van der Waals surface area contributed by atoms with E-state index in [0.29, 0.717) is 27.3 Å². The van der Waals surface area contributed by atoms with Crippen molar-refractivity contribution in [1.82, 2.24) is 5.32 Å². The van der Waals surface area contributed by atoms with Crippen LogP contribution in [0.1, 0.15) is 87.0 Å². The highest BCUT2D eigenvalue weighted by atomic mass is 15.1. The van der Waals surface area contributed by atoms with Crippen LogP contribution in [0.5, 0.6) is 0 Å². The van der Waals surface area contributed by atoms with E-state index in [9.17, 15) is 0 Å². The molecule has 146 valence electrons. The standard InChI is InChI=1S/C25H41N/c1-15-9-18(10-15)17(3)25-13-20(24(25,8)21(4,5)14-25)19-12-22(6)16(2)11-23(19,7)26-22/h15-16,18-20,26H,3,9-14H2,1-2,4-8H3. The van der Waals surface area contributed by atoms with Crippen LogP contribution >= 0.6 is 0 Å². The van der Waals surface area contributed by atoms with Crippen molar-refractivity contribution in [3.8, 4) is 0 Å². The molecule has 0 radical (unpaired) electrons. The third kappa shape index (κ3) is 1.70. The van der Waals surface area contributed by atoms with Gasteiger partial charge in [0.1, 0.15) is 0 Å². The summed E-state index contributed by atoms with van der Waals surface area (Å²) in [5.74, 6) is 4.31. The average Bonchev–Trinajstić information content (AvgIpc) is 2.90. The van der Waals surface area contributed by atoms with Gasteiger partial charge in [0.05, 0.1) is 0 Å². The van der Waals surface area contributed by atoms with Gasteiger partial charge in [-0.05, 0) is 98.2 Å². The minimum Gasteiger partial charge on any atom is -0.306 e. The lowest BCUT2D eigenvalue weighted by Crippen LogP contribution is -2.76. The molecule has 0 aromatic rings. The molecule has 0 aromatic heterocycles. The molecule has 7 atom stereocenters. The van der Waals surface area contributed by atoms with E-state index >= 15 is 0 Å². The van der Waals surface area contributed by atoms with Crippen LogP contribution in [0.2, 0.25) is 0 Å². The number of hydrogen-bond donors (Lipinski definition) is 1. The van der Waals surface area contributed by atoms with E-state index < -0.39 is 0 Å². The monoisotopic (exact) mass is 355 g/mol. The molecule has 5 fully saturated rings. The van der Waals surface area contributed by atoms with Crippen LogP contribution in [-0.2, 0) is 0 Å². The van der Waals surface area contributed by atoms with Gasteiger partial charge in [0, 0.05) is 11.1 Å². The fraction of sp³-hybridized carbons (Fsp3) is 0.920. The second-order valence-corrected chi connectivity index (χ2v) is 12.8. The molecule has 1 heteroatoms. The number of hydrogen-bond acceptors (Lipinski definition) is 1. The quantitative estimate of drug-likeness (QED) is 0.594. The van der Waals surface area contributed by atoms with Crippen LogP contribution in [0.4, 0.5) is 0 Å². The molecule has 3 aliphatic carbocycles. The van der Waals surface area contributed by atoms with Crippen LogP contribution in [-0.4, -0.2) is 11.1 Å². The second-order valence-electron chi connectivity index (χ2n) is 12.8. The van der Waals surface area contributed by atoms with Gasteiger partial charge in [0.2, 0.25) is 0 Å². The molecule has 5 aliphatic rings. The molecule has 2 saturated heterocycles. The van der Waals surface area contributed by atoms with E-state index in [2.05, 4.69) is 53.8 Å². The van der Waals surface area contributed by atoms with Gasteiger partial charge in [-0.15, -0.1) is 0 Å². The van der Waals surface area contributed by atoms with Gasteiger partial charge in [0.25, 0.3) is 0 Å². The topological polar surface area (TPSA) is 12.0 Å². The summed E-state index contributed by atoms with van der Waals surface area (Å²) < 4.78 is 0. The molecule has 2 heterocycles. The van der Waals surface area contributed by atoms with Gasteiger partial charge in [0.15, 0.2) is 0 Å². The van der Waals surface area contributed by atoms with E-state index in [-0.39, 0.29) is 0 Å². The normalized spacial score (nSPS) is 62.0. The van der Waals surface area contributed by atoms with Crippen LogP contribution < -0.4 is 5.32 Å². The summed E-state index contributed by atoms with van der Waals surface area (Å²) in [5.41, 5.74) is 3.81. The Morgan fingerprint density at radius 3 is 2.00 bits per heavy atom. The lowest BCUT2D eigenvalue weighted by molar-refractivity contribution is -0.312. The highest BCUT2D eigenvalue weighted by Gasteiger charge is 2.80. The number of fused-ring (bicyclic) bond motifs is 3. The maximum absolute atomic E-state index is 4.75. The highest BCUT2D eigenvalue weighted by Crippen LogP contribution is 2.86. The van der Waals surface area contributed by atoms with Gasteiger partial charge >= 0.3 is 0 Å². The third-order valence-corrected chi connectivity index (χ3v) is 11.3. The molecule has 7 unspecified atom stereocenters. The molecular weight excluding hydrogens is 314 g/mol. The second kappa shape index (κ2) is 4.64. The van der Waals surface area contributed by atoms with Crippen molar-refractivity contribution in [2.75, 3.05) is 0 Å². The molecule has 1 N–H and O–H groups in total. The smallest absolute Gasteiger partial charge is 0.0193 e. The van der Waals surface area contributed by atoms with Gasteiger partial charge < -0.3 is 5.32 Å². The summed E-state index contributed by atoms with van der Waals surface area (Å²) in [6.07, 6.45) is 8.39. The van der Waals surface area contributed by atoms with Gasteiger partial charge in [-0.25, -0.2) is 0 Å². The van der Waals surface area contributed by atoms with E-state index in [1.807, 2.05) is 0 Å². The van der Waals surface area contributed by atoms with Gasteiger partial charge in [-0.3, -0.25) is 0 Å². The third-order valence-electron chi connectivity index (χ3n) is 11.3. The minimum absolute atomic E-state index is 0.367. The summed E-state index contributed by atoms with van der Waals surface area (Å²) in [6.45, 7) is 22.5. The van der Waals surface area contributed by atoms with Crippen LogP contribution in [0.25, 0.3) is 0 Å². The summed E-state index contributed by atoms with van der Waals surface area (Å²) in [5, 5.41) is 4.10. The Kier molecular flexibility index (Phi) is 3.17. The summed E-state index contributed by atoms with van der Waals surface area (Å²) in [7, 11) is 0. The van der Waals surface area contributed by atoms with Crippen molar-refractivity contribution < 1.29 is 0 Å². The lowest BCUT2D eigenvalue weighted by atomic mass is 9.21. The predicted molar refractivity (Wildman–Crippen MR) is 110 cm³/mol. The predicted octanol–water partition coefficient (Wildman–Crippen LogP) is 6.20. The number of rotatable bonds is 3. The first-order valence-corrected chi connectivity index (χ1v) is 11.4. The minimum atomic E-state index is 0.367. The van der Waals surface area contributed by atoms with Crippen molar-refractivity contribution in [3.05, 3.63) is 12.2 Å². The van der Waals surface area contributed by atoms with Crippen molar-refractivity contribution in [2.45, 2.75) is 98.1 Å². The molecule has 0 spiro atoms. The Morgan fingerprint density at radius 1 is 0.885 bits per heavy atom. The van der Waals surface area contributed by atoms with Crippen LogP contribution in [0, 0.1) is 45.8 Å². The molecule has 0 amide bonds. The first-order chi connectivity index (χ1) is 11.9. The molecule has 1 nitrogen and oxygen atoms in total. The largest absolute Gasteiger partial charge is 0.306 e. The summed E-state index contributed by atoms with van der Waals surface area (Å²) in [6, 6.07) is 0. The zero-order valence-corrected chi connectivity index (χ0v) is 18.3. The van der Waals surface area contributed by atoms with E-state index in [1.54, 1.807) is 5.57 Å². The summed E-state index contributed by atoms with van der Waals surface area (Å²) >= 11 is 0. The molecule has 3 saturated carbocycles. The fourth-order valence-corrected chi connectivity index (χ4v) is 9.41. The fourth-order valence-electron chi connectivity index (χ4n) is 9.41. The molecule has 0 aromatic carbocycles. The number of nitrogens with one attached hydrogen (secondary N) is 1. The van der Waals surface area contributed by atoms with E-state index in [4.69, 9.17) is 6.58 Å². The van der Waals surface area contributed by atoms with E-state index in [1.165, 1.54) is 38.5 Å². The Bertz CT molecular complexity index is 672. The maximum Gasteiger partial charge on any atom is 0.0193 e. The van der Waals surface area contributed by atoms with E-state index in [0.717, 1.165) is 29.6 Å². The summed E-state index contributed by atoms with van der Waals surface area (Å²) in [4.78, 5) is 0. The first-order valence-electron chi connectivity index (χ1n) is 11.4. The molecule has 2 bridgehead atoms. The Hall–Kier alpha value is -0.300. The zero-order chi connectivity index (χ0) is 18.9. The van der Waals surface area contributed by atoms with Gasteiger partial charge in [-0.1, -0.05) is 46.8 Å². The molecule has 5 rings (SSSR count). The van der Waals surface area contributed by atoms with Crippen molar-refractivity contribution in [2.24, 2.45) is 45.8 Å². The van der Waals surface area contributed by atoms with Crippen LogP contribution in [0.15, 0.2) is 12.2 Å². The van der Waals surface area contributed by atoms with Gasteiger partial charge in [-0.2, -0.15) is 0 Å².